The van der Waals surface area contributed by atoms with Crippen LogP contribution in [-0.4, -0.2) is 48.9 Å². The van der Waals surface area contributed by atoms with E-state index in [0.29, 0.717) is 12.3 Å². The zero-order chi connectivity index (χ0) is 17.5. The van der Waals surface area contributed by atoms with Gasteiger partial charge in [-0.15, -0.1) is 0 Å². The highest BCUT2D eigenvalue weighted by Gasteiger charge is 2.23. The van der Waals surface area contributed by atoms with E-state index in [1.807, 2.05) is 11.0 Å². The summed E-state index contributed by atoms with van der Waals surface area (Å²) < 4.78 is 0. The first-order valence-corrected chi connectivity index (χ1v) is 9.52. The van der Waals surface area contributed by atoms with E-state index in [9.17, 15) is 9.59 Å². The minimum absolute atomic E-state index is 0.0216. The highest BCUT2D eigenvalue weighted by molar-refractivity contribution is 5.85. The molecule has 2 saturated heterocycles. The van der Waals surface area contributed by atoms with E-state index in [4.69, 9.17) is 0 Å². The molecule has 5 nitrogen and oxygen atoms in total. The van der Waals surface area contributed by atoms with Crippen molar-refractivity contribution in [2.75, 3.05) is 26.2 Å². The lowest BCUT2D eigenvalue weighted by atomic mass is 9.90. The number of likely N-dealkylation sites (tertiary alicyclic amines) is 1. The molecule has 2 amide bonds. The molecule has 0 bridgehead atoms. The maximum atomic E-state index is 12.3. The van der Waals surface area contributed by atoms with E-state index in [1.165, 1.54) is 5.56 Å². The van der Waals surface area contributed by atoms with Crippen LogP contribution in [0.2, 0.25) is 0 Å². The second-order valence-electron chi connectivity index (χ2n) is 7.29. The van der Waals surface area contributed by atoms with E-state index in [1.54, 1.807) is 0 Å². The Hall–Kier alpha value is -1.88. The maximum Gasteiger partial charge on any atom is 0.241 e. The number of carbonyl (C=O) groups excluding carboxylic acids is 2. The Kier molecular flexibility index (Phi) is 6.45. The molecule has 0 radical (unpaired) electrons. The van der Waals surface area contributed by atoms with E-state index >= 15 is 0 Å². The molecule has 0 spiro atoms. The second-order valence-corrected chi connectivity index (χ2v) is 7.29. The van der Waals surface area contributed by atoms with Gasteiger partial charge in [-0.2, -0.15) is 0 Å². The van der Waals surface area contributed by atoms with Gasteiger partial charge < -0.3 is 15.5 Å². The SMILES string of the molecule is O=C(CC1CCCN1)NCC(=O)N1CCC(Cc2ccccc2)CC1. The van der Waals surface area contributed by atoms with Crippen LogP contribution in [0.3, 0.4) is 0 Å². The number of piperidine rings is 1. The van der Waals surface area contributed by atoms with Crippen LogP contribution in [-0.2, 0) is 16.0 Å². The van der Waals surface area contributed by atoms with Crippen LogP contribution in [0.25, 0.3) is 0 Å². The van der Waals surface area contributed by atoms with Crippen LogP contribution in [0, 0.1) is 5.92 Å². The molecule has 1 atom stereocenters. The summed E-state index contributed by atoms with van der Waals surface area (Å²) in [4.78, 5) is 26.1. The normalized spacial score (nSPS) is 21.3. The molecular formula is C20H29N3O2. The average molecular weight is 343 g/mol. The Labute approximate surface area is 150 Å². The quantitative estimate of drug-likeness (QED) is 0.827. The van der Waals surface area contributed by atoms with Gasteiger partial charge in [-0.1, -0.05) is 30.3 Å². The summed E-state index contributed by atoms with van der Waals surface area (Å²) in [5.74, 6) is 0.673. The highest BCUT2D eigenvalue weighted by Crippen LogP contribution is 2.21. The van der Waals surface area contributed by atoms with Crippen molar-refractivity contribution in [3.05, 3.63) is 35.9 Å². The summed E-state index contributed by atoms with van der Waals surface area (Å²) in [6.07, 6.45) is 5.84. The Balaban J connectivity index is 1.34. The van der Waals surface area contributed by atoms with Crippen LogP contribution >= 0.6 is 0 Å². The van der Waals surface area contributed by atoms with Crippen LogP contribution in [0.4, 0.5) is 0 Å². The number of carbonyl (C=O) groups is 2. The van der Waals surface area contributed by atoms with Crippen molar-refractivity contribution in [3.63, 3.8) is 0 Å². The summed E-state index contributed by atoms with van der Waals surface area (Å²) in [5.41, 5.74) is 1.38. The monoisotopic (exact) mass is 343 g/mol. The average Bonchev–Trinajstić information content (AvgIpc) is 3.14. The molecule has 5 heteroatoms. The molecular weight excluding hydrogens is 314 g/mol. The lowest BCUT2D eigenvalue weighted by Gasteiger charge is -2.32. The minimum Gasteiger partial charge on any atom is -0.347 e. The van der Waals surface area contributed by atoms with E-state index in [2.05, 4.69) is 34.9 Å². The van der Waals surface area contributed by atoms with Crippen molar-refractivity contribution in [2.24, 2.45) is 5.92 Å². The Bertz CT molecular complexity index is 562. The van der Waals surface area contributed by atoms with Crippen molar-refractivity contribution in [1.82, 2.24) is 15.5 Å². The van der Waals surface area contributed by atoms with Crippen LogP contribution < -0.4 is 10.6 Å². The predicted molar refractivity (Wildman–Crippen MR) is 98.1 cm³/mol. The van der Waals surface area contributed by atoms with E-state index in [0.717, 1.165) is 51.7 Å². The van der Waals surface area contributed by atoms with Crippen LogP contribution in [0.5, 0.6) is 0 Å². The van der Waals surface area contributed by atoms with Gasteiger partial charge in [-0.05, 0) is 50.1 Å². The fraction of sp³-hybridized carbons (Fsp3) is 0.600. The Morgan fingerprint density at radius 1 is 1.12 bits per heavy atom. The molecule has 2 N–H and O–H groups in total. The fourth-order valence-electron chi connectivity index (χ4n) is 3.85. The zero-order valence-electron chi connectivity index (χ0n) is 14.9. The summed E-state index contributed by atoms with van der Waals surface area (Å²) in [6, 6.07) is 10.8. The molecule has 0 aliphatic carbocycles. The number of benzene rings is 1. The van der Waals surface area contributed by atoms with Crippen molar-refractivity contribution in [3.8, 4) is 0 Å². The highest BCUT2D eigenvalue weighted by atomic mass is 16.2. The third-order valence-corrected chi connectivity index (χ3v) is 5.37. The lowest BCUT2D eigenvalue weighted by Crippen LogP contribution is -2.45. The standard InChI is InChI=1S/C20H29N3O2/c24-19(14-18-7-4-10-21-18)22-15-20(25)23-11-8-17(9-12-23)13-16-5-2-1-3-6-16/h1-3,5-6,17-18,21H,4,7-15H2,(H,22,24). The van der Waals surface area contributed by atoms with Gasteiger partial charge in [0, 0.05) is 25.6 Å². The number of rotatable bonds is 6. The first-order valence-electron chi connectivity index (χ1n) is 9.52. The van der Waals surface area contributed by atoms with Gasteiger partial charge in [0.05, 0.1) is 6.54 Å². The molecule has 1 aromatic carbocycles. The molecule has 3 rings (SSSR count). The molecule has 25 heavy (non-hydrogen) atoms. The van der Waals surface area contributed by atoms with Gasteiger partial charge in [0.1, 0.15) is 0 Å². The third-order valence-electron chi connectivity index (χ3n) is 5.37. The van der Waals surface area contributed by atoms with Gasteiger partial charge >= 0.3 is 0 Å². The summed E-state index contributed by atoms with van der Waals surface area (Å²) in [6.45, 7) is 2.73. The number of hydrogen-bond acceptors (Lipinski definition) is 3. The molecule has 2 aliphatic rings. The predicted octanol–water partition coefficient (Wildman–Crippen LogP) is 1.73. The first-order chi connectivity index (χ1) is 12.2. The van der Waals surface area contributed by atoms with Gasteiger partial charge in [0.2, 0.25) is 11.8 Å². The van der Waals surface area contributed by atoms with Gasteiger partial charge in [-0.3, -0.25) is 9.59 Å². The summed E-state index contributed by atoms with van der Waals surface area (Å²) >= 11 is 0. The smallest absolute Gasteiger partial charge is 0.241 e. The largest absolute Gasteiger partial charge is 0.347 e. The molecule has 0 aromatic heterocycles. The molecule has 1 aromatic rings. The van der Waals surface area contributed by atoms with Crippen molar-refractivity contribution < 1.29 is 9.59 Å². The summed E-state index contributed by atoms with van der Waals surface area (Å²) in [7, 11) is 0. The second kappa shape index (κ2) is 8.99. The summed E-state index contributed by atoms with van der Waals surface area (Å²) in [5, 5.41) is 6.09. The first kappa shape index (κ1) is 17.9. The van der Waals surface area contributed by atoms with E-state index < -0.39 is 0 Å². The Morgan fingerprint density at radius 2 is 1.88 bits per heavy atom. The molecule has 1 unspecified atom stereocenters. The molecule has 2 aliphatic heterocycles. The van der Waals surface area contributed by atoms with Gasteiger partial charge in [-0.25, -0.2) is 0 Å². The zero-order valence-corrected chi connectivity index (χ0v) is 14.9. The Morgan fingerprint density at radius 3 is 2.56 bits per heavy atom. The number of hydrogen-bond donors (Lipinski definition) is 2. The molecule has 136 valence electrons. The van der Waals surface area contributed by atoms with Crippen LogP contribution in [0.15, 0.2) is 30.3 Å². The van der Waals surface area contributed by atoms with Crippen LogP contribution in [0.1, 0.15) is 37.7 Å². The van der Waals surface area contributed by atoms with Crippen molar-refractivity contribution in [2.45, 2.75) is 44.6 Å². The van der Waals surface area contributed by atoms with E-state index in [-0.39, 0.29) is 24.4 Å². The number of amides is 2. The topological polar surface area (TPSA) is 61.4 Å². The fourth-order valence-corrected chi connectivity index (χ4v) is 3.85. The maximum absolute atomic E-state index is 12.3. The van der Waals surface area contributed by atoms with Crippen molar-refractivity contribution >= 4 is 11.8 Å². The third kappa shape index (κ3) is 5.56. The minimum atomic E-state index is -0.0216. The van der Waals surface area contributed by atoms with Gasteiger partial charge in [0.25, 0.3) is 0 Å². The van der Waals surface area contributed by atoms with Gasteiger partial charge in [0.15, 0.2) is 0 Å². The lowest BCUT2D eigenvalue weighted by molar-refractivity contribution is -0.134. The molecule has 2 fully saturated rings. The molecule has 2 heterocycles. The van der Waals surface area contributed by atoms with Crippen molar-refractivity contribution in [1.29, 1.82) is 0 Å². The number of nitrogens with zero attached hydrogens (tertiary/aromatic N) is 1. The molecule has 0 saturated carbocycles. The number of nitrogens with one attached hydrogen (secondary N) is 2.